The fourth-order valence-electron chi connectivity index (χ4n) is 0.288. The van der Waals surface area contributed by atoms with Gasteiger partial charge in [-0.3, -0.25) is 0 Å². The van der Waals surface area contributed by atoms with Gasteiger partial charge >= 0.3 is 60.8 Å². The van der Waals surface area contributed by atoms with Crippen LogP contribution in [0.2, 0.25) is 0 Å². The van der Waals surface area contributed by atoms with E-state index >= 15 is 0 Å². The maximum atomic E-state index is 11.4. The van der Waals surface area contributed by atoms with E-state index in [1.165, 1.54) is 0 Å². The molecular formula is C5H11F2IO. The molecule has 0 unspecified atom stereocenters. The molecule has 1 nitrogen and oxygen atoms in total. The van der Waals surface area contributed by atoms with Crippen molar-refractivity contribution in [1.82, 2.24) is 0 Å². The van der Waals surface area contributed by atoms with E-state index in [-0.39, 0.29) is 0 Å². The number of rotatable bonds is 4. The Morgan fingerprint density at radius 3 is 2.33 bits per heavy atom. The summed E-state index contributed by atoms with van der Waals surface area (Å²) in [5.41, 5.74) is 0. The summed E-state index contributed by atoms with van der Waals surface area (Å²) in [4.78, 5) is 4.16. The van der Waals surface area contributed by atoms with Gasteiger partial charge in [-0.25, -0.2) is 0 Å². The number of ether oxygens (including phenoxy) is 1. The van der Waals surface area contributed by atoms with Crippen LogP contribution in [0.1, 0.15) is 0 Å². The van der Waals surface area contributed by atoms with E-state index in [0.29, 0.717) is 4.61 Å². The SMILES string of the molecule is CI(C)COCC(F)F. The van der Waals surface area contributed by atoms with Crippen molar-refractivity contribution in [2.75, 3.05) is 21.1 Å². The molecule has 0 spiro atoms. The van der Waals surface area contributed by atoms with Crippen LogP contribution in [0.4, 0.5) is 8.78 Å². The van der Waals surface area contributed by atoms with Crippen molar-refractivity contribution in [3.63, 3.8) is 0 Å². The van der Waals surface area contributed by atoms with Gasteiger partial charge in [-0.2, -0.15) is 0 Å². The summed E-state index contributed by atoms with van der Waals surface area (Å²) in [5, 5.41) is 0. The van der Waals surface area contributed by atoms with Gasteiger partial charge in [-0.1, -0.05) is 0 Å². The van der Waals surface area contributed by atoms with Gasteiger partial charge in [0.05, 0.1) is 0 Å². The molecule has 0 saturated heterocycles. The maximum absolute atomic E-state index is 11.4. The van der Waals surface area contributed by atoms with Crippen LogP contribution in [0.3, 0.4) is 0 Å². The standard InChI is InChI=1S/C5H11F2IO/c1-8(2)4-9-3-5(6)7/h5H,3-4H2,1-2H3. The Kier molecular flexibility index (Phi) is 5.67. The molecule has 0 aliphatic rings. The Morgan fingerprint density at radius 2 is 2.00 bits per heavy atom. The summed E-state index contributed by atoms with van der Waals surface area (Å²) >= 11 is -0.929. The van der Waals surface area contributed by atoms with E-state index in [9.17, 15) is 8.78 Å². The van der Waals surface area contributed by atoms with Crippen molar-refractivity contribution in [3.05, 3.63) is 0 Å². The zero-order valence-electron chi connectivity index (χ0n) is 5.53. The average Bonchev–Trinajstić information content (AvgIpc) is 1.63. The Balaban J connectivity index is 2.91. The first kappa shape index (κ1) is 9.55. The molecule has 0 aliphatic heterocycles. The molecule has 0 aromatic rings. The number of halogens is 3. The second-order valence-electron chi connectivity index (χ2n) is 1.78. The van der Waals surface area contributed by atoms with Crippen LogP contribution in [0, 0.1) is 0 Å². The molecule has 0 saturated carbocycles. The van der Waals surface area contributed by atoms with E-state index in [4.69, 9.17) is 0 Å². The number of hydrogen-bond donors (Lipinski definition) is 0. The van der Waals surface area contributed by atoms with E-state index in [1.54, 1.807) is 0 Å². The van der Waals surface area contributed by atoms with Gasteiger partial charge in [0, 0.05) is 0 Å². The normalized spacial score (nSPS) is 12.3. The number of hydrogen-bond acceptors (Lipinski definition) is 1. The van der Waals surface area contributed by atoms with Crippen molar-refractivity contribution in [3.8, 4) is 0 Å². The van der Waals surface area contributed by atoms with Crippen molar-refractivity contribution in [2.24, 2.45) is 0 Å². The molecule has 0 aromatic heterocycles. The van der Waals surface area contributed by atoms with Gasteiger partial charge in [0.25, 0.3) is 0 Å². The van der Waals surface area contributed by atoms with Crippen molar-refractivity contribution >= 4 is 19.8 Å². The van der Waals surface area contributed by atoms with Crippen LogP contribution in [0.15, 0.2) is 0 Å². The van der Waals surface area contributed by atoms with E-state index < -0.39 is 32.9 Å². The predicted octanol–water partition coefficient (Wildman–Crippen LogP) is 1.99. The minimum absolute atomic E-state index is 0.393. The van der Waals surface area contributed by atoms with E-state index in [2.05, 4.69) is 14.6 Å². The molecule has 0 aromatic carbocycles. The topological polar surface area (TPSA) is 9.23 Å². The van der Waals surface area contributed by atoms with Gasteiger partial charge < -0.3 is 0 Å². The van der Waals surface area contributed by atoms with Gasteiger partial charge in [0.15, 0.2) is 0 Å². The van der Waals surface area contributed by atoms with Gasteiger partial charge in [-0.05, 0) is 0 Å². The second-order valence-corrected chi connectivity index (χ2v) is 7.61. The Hall–Kier alpha value is 0.550. The van der Waals surface area contributed by atoms with Crippen LogP contribution in [0.5, 0.6) is 0 Å². The fraction of sp³-hybridized carbons (Fsp3) is 1.00. The van der Waals surface area contributed by atoms with Crippen LogP contribution >= 0.6 is 19.8 Å². The number of alkyl halides is 5. The molecule has 0 fully saturated rings. The third-order valence-corrected chi connectivity index (χ3v) is 2.23. The van der Waals surface area contributed by atoms with Crippen molar-refractivity contribution in [1.29, 1.82) is 0 Å². The van der Waals surface area contributed by atoms with Crippen molar-refractivity contribution in [2.45, 2.75) is 6.43 Å². The fourth-order valence-corrected chi connectivity index (χ4v) is 1.42. The Morgan fingerprint density at radius 1 is 1.44 bits per heavy atom. The average molecular weight is 252 g/mol. The molecule has 0 bridgehead atoms. The van der Waals surface area contributed by atoms with Crippen molar-refractivity contribution < 1.29 is 13.5 Å². The van der Waals surface area contributed by atoms with E-state index in [1.807, 2.05) is 0 Å². The first-order chi connectivity index (χ1) is 4.13. The van der Waals surface area contributed by atoms with Crippen LogP contribution < -0.4 is 0 Å². The monoisotopic (exact) mass is 252 g/mol. The van der Waals surface area contributed by atoms with Crippen LogP contribution in [-0.2, 0) is 4.74 Å². The summed E-state index contributed by atoms with van der Waals surface area (Å²) in [5.74, 6) is 0. The Labute approximate surface area is 61.2 Å². The van der Waals surface area contributed by atoms with E-state index in [0.717, 1.165) is 0 Å². The minimum atomic E-state index is -2.30. The predicted molar refractivity (Wildman–Crippen MR) is 42.7 cm³/mol. The summed E-state index contributed by atoms with van der Waals surface area (Å²) in [6, 6.07) is 0. The van der Waals surface area contributed by atoms with Gasteiger partial charge in [0.1, 0.15) is 0 Å². The third-order valence-electron chi connectivity index (χ3n) is 0.539. The Bertz CT molecular complexity index is 60.0. The molecule has 0 amide bonds. The molecule has 0 radical (unpaired) electrons. The molecule has 4 heteroatoms. The summed E-state index contributed by atoms with van der Waals surface area (Å²) in [6.07, 6.45) is -2.30. The third kappa shape index (κ3) is 8.55. The molecule has 0 N–H and O–H groups in total. The van der Waals surface area contributed by atoms with Crippen LogP contribution in [-0.4, -0.2) is 27.5 Å². The molecule has 58 valence electrons. The molecule has 9 heavy (non-hydrogen) atoms. The molecule has 0 aliphatic carbocycles. The quantitative estimate of drug-likeness (QED) is 0.549. The second kappa shape index (κ2) is 5.34. The molecular weight excluding hydrogens is 241 g/mol. The molecule has 0 rings (SSSR count). The molecule has 0 atom stereocenters. The van der Waals surface area contributed by atoms with Gasteiger partial charge in [-0.15, -0.1) is 0 Å². The summed E-state index contributed by atoms with van der Waals surface area (Å²) in [7, 11) is 0. The van der Waals surface area contributed by atoms with Gasteiger partial charge in [0.2, 0.25) is 0 Å². The molecule has 0 heterocycles. The zero-order chi connectivity index (χ0) is 7.28. The summed E-state index contributed by atoms with van der Waals surface area (Å²) < 4.78 is 28.0. The van der Waals surface area contributed by atoms with Crippen LogP contribution in [0.25, 0.3) is 0 Å². The first-order valence-corrected chi connectivity index (χ1v) is 8.29. The first-order valence-electron chi connectivity index (χ1n) is 2.45. The summed E-state index contributed by atoms with van der Waals surface area (Å²) in [6.45, 7) is -0.393. The zero-order valence-corrected chi connectivity index (χ0v) is 7.69.